The molecule has 8 nitrogen and oxygen atoms in total. The van der Waals surface area contributed by atoms with Crippen molar-refractivity contribution in [2.45, 2.75) is 57.6 Å². The molecule has 4 aromatic rings. The number of amides is 2. The van der Waals surface area contributed by atoms with Crippen LogP contribution in [0, 0.1) is 13.8 Å². The van der Waals surface area contributed by atoms with E-state index in [-0.39, 0.29) is 35.5 Å². The molecule has 0 aliphatic rings. The lowest BCUT2D eigenvalue weighted by Crippen LogP contribution is -2.54. The number of carbonyl (C=O) groups excluding carboxylic acids is 2. The highest BCUT2D eigenvalue weighted by molar-refractivity contribution is 7.92. The summed E-state index contributed by atoms with van der Waals surface area (Å²) in [5, 5.41) is 2.98. The normalized spacial score (nSPS) is 12.0. The molecule has 1 unspecified atom stereocenters. The third-order valence-electron chi connectivity index (χ3n) is 7.37. The van der Waals surface area contributed by atoms with Gasteiger partial charge in [-0.15, -0.1) is 0 Å². The van der Waals surface area contributed by atoms with Gasteiger partial charge in [-0.25, -0.2) is 8.42 Å². The zero-order valence-corrected chi connectivity index (χ0v) is 27.3. The van der Waals surface area contributed by atoms with Crippen molar-refractivity contribution in [2.75, 3.05) is 18.0 Å². The fraction of sp³-hybridized carbons (Fsp3) is 0.278. The molecule has 2 amide bonds. The maximum atomic E-state index is 14.5. The lowest BCUT2D eigenvalue weighted by atomic mass is 10.0. The average Bonchev–Trinajstić information content (AvgIpc) is 3.01. The van der Waals surface area contributed by atoms with Crippen molar-refractivity contribution in [1.29, 1.82) is 0 Å². The number of hydrogen-bond acceptors (Lipinski definition) is 5. The Labute approximate surface area is 266 Å². The van der Waals surface area contributed by atoms with Gasteiger partial charge in [-0.3, -0.25) is 13.9 Å². The average molecular weight is 628 g/mol. The molecular formula is C36H41N3O5S. The second-order valence-electron chi connectivity index (χ2n) is 11.4. The molecule has 0 saturated carbocycles. The number of benzene rings is 4. The molecule has 0 saturated heterocycles. The second kappa shape index (κ2) is 14.9. The topological polar surface area (TPSA) is 96.0 Å². The minimum absolute atomic E-state index is 0.0485. The number of ether oxygens (including phenoxy) is 1. The Bertz CT molecular complexity index is 1710. The van der Waals surface area contributed by atoms with E-state index in [1.165, 1.54) is 24.1 Å². The number of anilines is 1. The van der Waals surface area contributed by atoms with E-state index in [0.717, 1.165) is 26.6 Å². The Kier molecular flexibility index (Phi) is 11.0. The number of carbonyl (C=O) groups is 2. The predicted molar refractivity (Wildman–Crippen MR) is 178 cm³/mol. The van der Waals surface area contributed by atoms with Crippen LogP contribution in [0.2, 0.25) is 0 Å². The van der Waals surface area contributed by atoms with Gasteiger partial charge < -0.3 is 15.0 Å². The SMILES string of the molecule is COc1cccc(N(CC(=O)N(Cc2cccc(C)c2)C(Cc2ccccc2)C(=O)NC(C)C)S(=O)(=O)c2ccc(C)cc2)c1. The first-order valence-corrected chi connectivity index (χ1v) is 16.3. The summed E-state index contributed by atoms with van der Waals surface area (Å²) in [6.07, 6.45) is 0.251. The van der Waals surface area contributed by atoms with Crippen LogP contribution in [0.1, 0.15) is 36.1 Å². The van der Waals surface area contributed by atoms with E-state index in [1.807, 2.05) is 82.3 Å². The molecule has 0 aliphatic carbocycles. The number of hydrogen-bond donors (Lipinski definition) is 1. The van der Waals surface area contributed by atoms with Crippen molar-refractivity contribution in [3.05, 3.63) is 125 Å². The highest BCUT2D eigenvalue weighted by Crippen LogP contribution is 2.28. The molecule has 0 radical (unpaired) electrons. The standard InChI is InChI=1S/C36H41N3O5S/c1-26(2)37-36(41)34(22-29-12-7-6-8-13-29)38(24-30-14-9-11-28(4)21-30)35(40)25-39(31-15-10-16-32(23-31)44-5)45(42,43)33-19-17-27(3)18-20-33/h6-21,23,26,34H,22,24-25H2,1-5H3,(H,37,41). The van der Waals surface area contributed by atoms with Gasteiger partial charge in [-0.2, -0.15) is 0 Å². The zero-order valence-electron chi connectivity index (χ0n) is 26.4. The van der Waals surface area contributed by atoms with Crippen LogP contribution in [-0.2, 0) is 32.6 Å². The van der Waals surface area contributed by atoms with E-state index in [0.29, 0.717) is 5.75 Å². The summed E-state index contributed by atoms with van der Waals surface area (Å²) in [7, 11) is -2.70. The zero-order chi connectivity index (χ0) is 32.6. The van der Waals surface area contributed by atoms with Crippen LogP contribution in [0.3, 0.4) is 0 Å². The van der Waals surface area contributed by atoms with E-state index in [1.54, 1.807) is 36.4 Å². The molecule has 1 atom stereocenters. The summed E-state index contributed by atoms with van der Waals surface area (Å²) < 4.78 is 34.8. The number of sulfonamides is 1. The molecule has 236 valence electrons. The molecule has 0 fully saturated rings. The molecule has 9 heteroatoms. The largest absolute Gasteiger partial charge is 0.497 e. The van der Waals surface area contributed by atoms with Crippen LogP contribution in [0.15, 0.2) is 108 Å². The Hall–Kier alpha value is -4.63. The summed E-state index contributed by atoms with van der Waals surface area (Å²) in [5.41, 5.74) is 3.88. The molecule has 1 N–H and O–H groups in total. The van der Waals surface area contributed by atoms with Crippen LogP contribution >= 0.6 is 0 Å². The van der Waals surface area contributed by atoms with E-state index < -0.39 is 28.5 Å². The Balaban J connectivity index is 1.82. The molecule has 0 aromatic heterocycles. The van der Waals surface area contributed by atoms with Gasteiger partial charge in [0.25, 0.3) is 10.0 Å². The molecular weight excluding hydrogens is 586 g/mol. The van der Waals surface area contributed by atoms with Crippen molar-refractivity contribution < 1.29 is 22.7 Å². The van der Waals surface area contributed by atoms with E-state index in [2.05, 4.69) is 5.32 Å². The van der Waals surface area contributed by atoms with Gasteiger partial charge in [0.2, 0.25) is 11.8 Å². The van der Waals surface area contributed by atoms with Crippen molar-refractivity contribution in [3.63, 3.8) is 0 Å². The number of aryl methyl sites for hydroxylation is 2. The van der Waals surface area contributed by atoms with Gasteiger partial charge in [0.05, 0.1) is 17.7 Å². The third kappa shape index (κ3) is 8.73. The molecule has 4 rings (SSSR count). The van der Waals surface area contributed by atoms with Crippen LogP contribution in [0.25, 0.3) is 0 Å². The van der Waals surface area contributed by atoms with Gasteiger partial charge in [0.15, 0.2) is 0 Å². The lowest BCUT2D eigenvalue weighted by molar-refractivity contribution is -0.140. The Morgan fingerprint density at radius 1 is 0.800 bits per heavy atom. The van der Waals surface area contributed by atoms with Crippen LogP contribution < -0.4 is 14.4 Å². The van der Waals surface area contributed by atoms with Gasteiger partial charge in [-0.05, 0) is 63.1 Å². The smallest absolute Gasteiger partial charge is 0.264 e. The fourth-order valence-electron chi connectivity index (χ4n) is 5.07. The minimum atomic E-state index is -4.20. The maximum absolute atomic E-state index is 14.5. The van der Waals surface area contributed by atoms with Gasteiger partial charge in [0.1, 0.15) is 18.3 Å². The van der Waals surface area contributed by atoms with Crippen molar-refractivity contribution in [2.24, 2.45) is 0 Å². The third-order valence-corrected chi connectivity index (χ3v) is 9.15. The highest BCUT2D eigenvalue weighted by Gasteiger charge is 2.35. The fourth-order valence-corrected chi connectivity index (χ4v) is 6.48. The maximum Gasteiger partial charge on any atom is 0.264 e. The lowest BCUT2D eigenvalue weighted by Gasteiger charge is -2.34. The first-order chi connectivity index (χ1) is 21.5. The number of nitrogens with zero attached hydrogens (tertiary/aromatic N) is 2. The first kappa shape index (κ1) is 33.3. The molecule has 0 bridgehead atoms. The predicted octanol–water partition coefficient (Wildman–Crippen LogP) is 5.67. The van der Waals surface area contributed by atoms with E-state index >= 15 is 0 Å². The first-order valence-electron chi connectivity index (χ1n) is 14.9. The molecule has 45 heavy (non-hydrogen) atoms. The molecule has 0 heterocycles. The molecule has 0 aliphatic heterocycles. The number of rotatable bonds is 13. The van der Waals surface area contributed by atoms with E-state index in [4.69, 9.17) is 4.74 Å². The highest BCUT2D eigenvalue weighted by atomic mass is 32.2. The molecule has 4 aromatic carbocycles. The summed E-state index contributed by atoms with van der Waals surface area (Å²) >= 11 is 0. The Morgan fingerprint density at radius 3 is 2.11 bits per heavy atom. The quantitative estimate of drug-likeness (QED) is 0.206. The minimum Gasteiger partial charge on any atom is -0.497 e. The van der Waals surface area contributed by atoms with E-state index in [9.17, 15) is 18.0 Å². The summed E-state index contributed by atoms with van der Waals surface area (Å²) in [6.45, 7) is 7.14. The van der Waals surface area contributed by atoms with Gasteiger partial charge >= 0.3 is 0 Å². The van der Waals surface area contributed by atoms with Crippen molar-refractivity contribution in [3.8, 4) is 5.75 Å². The number of methoxy groups -OCH3 is 1. The second-order valence-corrected chi connectivity index (χ2v) is 13.3. The van der Waals surface area contributed by atoms with Gasteiger partial charge in [-0.1, -0.05) is 83.9 Å². The monoisotopic (exact) mass is 627 g/mol. The van der Waals surface area contributed by atoms with Crippen LogP contribution in [0.4, 0.5) is 5.69 Å². The van der Waals surface area contributed by atoms with Crippen molar-refractivity contribution in [1.82, 2.24) is 10.2 Å². The van der Waals surface area contributed by atoms with Crippen molar-refractivity contribution >= 4 is 27.5 Å². The summed E-state index contributed by atoms with van der Waals surface area (Å²) in [4.78, 5) is 29.9. The summed E-state index contributed by atoms with van der Waals surface area (Å²) in [6, 6.07) is 29.2. The molecule has 0 spiro atoms. The van der Waals surface area contributed by atoms with Gasteiger partial charge in [0, 0.05) is 25.1 Å². The number of nitrogens with one attached hydrogen (secondary N) is 1. The van der Waals surface area contributed by atoms with Crippen LogP contribution in [-0.4, -0.2) is 50.9 Å². The summed E-state index contributed by atoms with van der Waals surface area (Å²) in [5.74, 6) is -0.391. The van der Waals surface area contributed by atoms with Crippen LogP contribution in [0.5, 0.6) is 5.75 Å². The Morgan fingerprint density at radius 2 is 1.47 bits per heavy atom.